The Morgan fingerprint density at radius 1 is 1.33 bits per heavy atom. The van der Waals surface area contributed by atoms with E-state index >= 15 is 0 Å². The van der Waals surface area contributed by atoms with Crippen LogP contribution in [0.3, 0.4) is 0 Å². The fraction of sp³-hybridized carbons (Fsp3) is 0.750. The van der Waals surface area contributed by atoms with Crippen molar-refractivity contribution in [3.63, 3.8) is 0 Å². The molecule has 0 unspecified atom stereocenters. The van der Waals surface area contributed by atoms with Crippen LogP contribution in [0.2, 0.25) is 0 Å². The van der Waals surface area contributed by atoms with E-state index < -0.39 is 0 Å². The number of aliphatic hydroxyl groups is 1. The molecule has 120 valence electrons. The van der Waals surface area contributed by atoms with E-state index in [-0.39, 0.29) is 23.5 Å². The Labute approximate surface area is 127 Å². The van der Waals surface area contributed by atoms with Crippen molar-refractivity contribution in [3.8, 4) is 0 Å². The first kappa shape index (κ1) is 17.7. The van der Waals surface area contributed by atoms with Crippen LogP contribution in [0.15, 0.2) is 6.07 Å². The van der Waals surface area contributed by atoms with E-state index in [0.29, 0.717) is 12.2 Å². The lowest BCUT2D eigenvalue weighted by Gasteiger charge is -2.29. The highest BCUT2D eigenvalue weighted by molar-refractivity contribution is 5.92. The number of rotatable bonds is 6. The van der Waals surface area contributed by atoms with Gasteiger partial charge in [0, 0.05) is 17.7 Å². The molecule has 5 heteroatoms. The van der Waals surface area contributed by atoms with Gasteiger partial charge in [-0.1, -0.05) is 13.8 Å². The van der Waals surface area contributed by atoms with Crippen LogP contribution in [-0.2, 0) is 5.54 Å². The second-order valence-corrected chi connectivity index (χ2v) is 6.80. The summed E-state index contributed by atoms with van der Waals surface area (Å²) in [4.78, 5) is 12.3. The lowest BCUT2D eigenvalue weighted by atomic mass is 9.83. The number of aromatic nitrogens is 2. The predicted molar refractivity (Wildman–Crippen MR) is 84.4 cm³/mol. The van der Waals surface area contributed by atoms with Gasteiger partial charge in [-0.25, -0.2) is 0 Å². The van der Waals surface area contributed by atoms with Crippen molar-refractivity contribution in [1.29, 1.82) is 0 Å². The molecule has 1 rings (SSSR count). The van der Waals surface area contributed by atoms with Crippen LogP contribution < -0.4 is 5.32 Å². The first-order valence-electron chi connectivity index (χ1n) is 7.65. The molecule has 0 saturated carbocycles. The summed E-state index contributed by atoms with van der Waals surface area (Å²) in [7, 11) is 0. The first-order valence-corrected chi connectivity index (χ1v) is 7.65. The van der Waals surface area contributed by atoms with Gasteiger partial charge in [-0.05, 0) is 46.6 Å². The van der Waals surface area contributed by atoms with Crippen LogP contribution in [-0.4, -0.2) is 33.9 Å². The second kappa shape index (κ2) is 6.60. The Morgan fingerprint density at radius 2 is 1.90 bits per heavy atom. The number of hydrogen-bond acceptors (Lipinski definition) is 3. The number of amides is 1. The Kier molecular flexibility index (Phi) is 5.56. The van der Waals surface area contributed by atoms with E-state index in [2.05, 4.69) is 31.2 Å². The molecule has 0 radical (unpaired) electrons. The molecule has 1 amide bonds. The lowest BCUT2D eigenvalue weighted by Crippen LogP contribution is -2.39. The minimum Gasteiger partial charge on any atom is -0.396 e. The largest absolute Gasteiger partial charge is 0.396 e. The third kappa shape index (κ3) is 4.06. The molecule has 0 bridgehead atoms. The maximum absolute atomic E-state index is 12.3. The molecule has 21 heavy (non-hydrogen) atoms. The molecule has 1 aromatic heterocycles. The molecule has 0 fully saturated rings. The van der Waals surface area contributed by atoms with Crippen LogP contribution in [0.4, 0.5) is 0 Å². The molecule has 0 atom stereocenters. The summed E-state index contributed by atoms with van der Waals surface area (Å²) in [5.74, 6) is -0.180. The molecule has 2 N–H and O–H groups in total. The maximum atomic E-state index is 12.3. The summed E-state index contributed by atoms with van der Waals surface area (Å²) in [6.07, 6.45) is 1.66. The average molecular weight is 295 g/mol. The monoisotopic (exact) mass is 295 g/mol. The topological polar surface area (TPSA) is 67.2 Å². The smallest absolute Gasteiger partial charge is 0.271 e. The first-order chi connectivity index (χ1) is 9.69. The van der Waals surface area contributed by atoms with Crippen LogP contribution in [0, 0.1) is 12.3 Å². The molecule has 1 heterocycles. The Hall–Kier alpha value is -1.36. The molecule has 0 aromatic carbocycles. The van der Waals surface area contributed by atoms with Gasteiger partial charge in [0.2, 0.25) is 0 Å². The molecular weight excluding hydrogens is 266 g/mol. The van der Waals surface area contributed by atoms with E-state index in [1.807, 2.05) is 25.5 Å². The molecule has 0 aliphatic rings. The predicted octanol–water partition coefficient (Wildman–Crippen LogP) is 2.48. The number of aliphatic hydroxyl groups excluding tert-OH is 1. The normalized spacial score (nSPS) is 12.5. The summed E-state index contributed by atoms with van der Waals surface area (Å²) in [6, 6.07) is 1.80. The average Bonchev–Trinajstić information content (AvgIpc) is 2.83. The molecule has 1 aromatic rings. The minimum absolute atomic E-state index is 0.0791. The van der Waals surface area contributed by atoms with E-state index in [1.165, 1.54) is 0 Å². The van der Waals surface area contributed by atoms with Gasteiger partial charge >= 0.3 is 0 Å². The molecule has 0 spiro atoms. The number of aryl methyl sites for hydroxylation is 1. The Balaban J connectivity index is 2.82. The van der Waals surface area contributed by atoms with E-state index in [1.54, 1.807) is 6.07 Å². The fourth-order valence-corrected chi connectivity index (χ4v) is 2.40. The molecular formula is C16H29N3O2. The number of carbonyl (C=O) groups is 1. The molecule has 5 nitrogen and oxygen atoms in total. The van der Waals surface area contributed by atoms with Crippen LogP contribution in [0.25, 0.3) is 0 Å². The van der Waals surface area contributed by atoms with Crippen molar-refractivity contribution < 1.29 is 9.90 Å². The third-order valence-electron chi connectivity index (χ3n) is 4.21. The van der Waals surface area contributed by atoms with Crippen molar-refractivity contribution in [2.45, 2.75) is 59.9 Å². The van der Waals surface area contributed by atoms with Crippen LogP contribution >= 0.6 is 0 Å². The zero-order valence-electron chi connectivity index (χ0n) is 14.2. The van der Waals surface area contributed by atoms with Crippen LogP contribution in [0.5, 0.6) is 0 Å². The fourth-order valence-electron chi connectivity index (χ4n) is 2.40. The summed E-state index contributed by atoms with van der Waals surface area (Å²) in [5.41, 5.74) is 1.01. The van der Waals surface area contributed by atoms with Crippen molar-refractivity contribution in [3.05, 3.63) is 17.5 Å². The zero-order chi connectivity index (χ0) is 16.3. The van der Waals surface area contributed by atoms with Crippen molar-refractivity contribution in [2.75, 3.05) is 13.2 Å². The van der Waals surface area contributed by atoms with E-state index in [4.69, 9.17) is 0 Å². The Morgan fingerprint density at radius 3 is 2.29 bits per heavy atom. The van der Waals surface area contributed by atoms with Gasteiger partial charge in [0.25, 0.3) is 5.91 Å². The standard InChI is InChI=1S/C16H29N3O2/c1-7-16(8-2,11-20)10-17-14(21)13-9-12(3)19(18-13)15(4,5)6/h9,20H,7-8,10-11H2,1-6H3,(H,17,21). The summed E-state index contributed by atoms with van der Waals surface area (Å²) in [5, 5.41) is 16.9. The lowest BCUT2D eigenvalue weighted by molar-refractivity contribution is 0.0845. The summed E-state index contributed by atoms with van der Waals surface area (Å²) < 4.78 is 1.86. The molecule has 0 aliphatic carbocycles. The number of nitrogens with zero attached hydrogens (tertiary/aromatic N) is 2. The highest BCUT2D eigenvalue weighted by atomic mass is 16.3. The van der Waals surface area contributed by atoms with Gasteiger partial charge in [0.15, 0.2) is 0 Å². The van der Waals surface area contributed by atoms with Gasteiger partial charge < -0.3 is 10.4 Å². The SMILES string of the molecule is CCC(CC)(CO)CNC(=O)c1cc(C)n(C(C)(C)C)n1. The van der Waals surface area contributed by atoms with Crippen molar-refractivity contribution in [2.24, 2.45) is 5.41 Å². The van der Waals surface area contributed by atoms with Crippen LogP contribution in [0.1, 0.15) is 63.6 Å². The summed E-state index contributed by atoms with van der Waals surface area (Å²) in [6.45, 7) is 12.7. The number of carbonyl (C=O) groups excluding carboxylic acids is 1. The van der Waals surface area contributed by atoms with Crippen molar-refractivity contribution >= 4 is 5.91 Å². The van der Waals surface area contributed by atoms with Crippen molar-refractivity contribution in [1.82, 2.24) is 15.1 Å². The van der Waals surface area contributed by atoms with Gasteiger partial charge in [0.05, 0.1) is 12.1 Å². The van der Waals surface area contributed by atoms with E-state index in [0.717, 1.165) is 18.5 Å². The van der Waals surface area contributed by atoms with Gasteiger partial charge in [0.1, 0.15) is 5.69 Å². The minimum atomic E-state index is -0.239. The quantitative estimate of drug-likeness (QED) is 0.847. The number of nitrogens with one attached hydrogen (secondary N) is 1. The zero-order valence-corrected chi connectivity index (χ0v) is 14.2. The summed E-state index contributed by atoms with van der Waals surface area (Å²) >= 11 is 0. The van der Waals surface area contributed by atoms with Gasteiger partial charge in [-0.15, -0.1) is 0 Å². The Bertz CT molecular complexity index is 474. The number of hydrogen-bond donors (Lipinski definition) is 2. The highest BCUT2D eigenvalue weighted by Gasteiger charge is 2.27. The molecule has 0 aliphatic heterocycles. The van der Waals surface area contributed by atoms with Gasteiger partial charge in [-0.2, -0.15) is 5.10 Å². The maximum Gasteiger partial charge on any atom is 0.271 e. The highest BCUT2D eigenvalue weighted by Crippen LogP contribution is 2.24. The molecule has 0 saturated heterocycles. The van der Waals surface area contributed by atoms with E-state index in [9.17, 15) is 9.90 Å². The third-order valence-corrected chi connectivity index (χ3v) is 4.21. The second-order valence-electron chi connectivity index (χ2n) is 6.80. The van der Waals surface area contributed by atoms with Gasteiger partial charge in [-0.3, -0.25) is 9.48 Å².